The molecule has 0 saturated carbocycles. The summed E-state index contributed by atoms with van der Waals surface area (Å²) >= 11 is 0. The predicted octanol–water partition coefficient (Wildman–Crippen LogP) is 2.70. The SMILES string of the molecule is CCCCCCC#N.O=C(O)O. The Morgan fingerprint density at radius 1 is 1.33 bits per heavy atom. The molecule has 0 aromatic heterocycles. The minimum absolute atomic E-state index is 0.736. The second kappa shape index (κ2) is 12.4. The first-order chi connectivity index (χ1) is 5.65. The number of carbonyl (C=O) groups is 1. The van der Waals surface area contributed by atoms with Crippen LogP contribution >= 0.6 is 0 Å². The number of unbranched alkanes of at least 4 members (excludes halogenated alkanes) is 4. The number of nitriles is 1. The summed E-state index contributed by atoms with van der Waals surface area (Å²) in [6.07, 6.45) is 3.75. The molecule has 0 aliphatic rings. The molecule has 0 atom stereocenters. The van der Waals surface area contributed by atoms with Crippen LogP contribution in [0.5, 0.6) is 0 Å². The van der Waals surface area contributed by atoms with Crippen LogP contribution in [0.3, 0.4) is 0 Å². The van der Waals surface area contributed by atoms with Gasteiger partial charge in [-0.25, -0.2) is 4.79 Å². The van der Waals surface area contributed by atoms with Gasteiger partial charge in [-0.05, 0) is 6.42 Å². The highest BCUT2D eigenvalue weighted by atomic mass is 16.6. The molecule has 0 aliphatic carbocycles. The number of nitrogens with zero attached hydrogens (tertiary/aromatic N) is 1. The van der Waals surface area contributed by atoms with E-state index in [1.165, 1.54) is 19.3 Å². The van der Waals surface area contributed by atoms with Crippen molar-refractivity contribution < 1.29 is 15.0 Å². The molecule has 0 aliphatic heterocycles. The average molecular weight is 173 g/mol. The topological polar surface area (TPSA) is 81.3 Å². The van der Waals surface area contributed by atoms with Crippen molar-refractivity contribution in [2.45, 2.75) is 39.0 Å². The van der Waals surface area contributed by atoms with Crippen LogP contribution in [0.25, 0.3) is 0 Å². The Balaban J connectivity index is 0. The third-order valence-electron chi connectivity index (χ3n) is 1.14. The van der Waals surface area contributed by atoms with E-state index in [2.05, 4.69) is 13.0 Å². The standard InChI is InChI=1S/C7H13N.CH2O3/c1-2-3-4-5-6-7-8;2-1(3)4/h2-6H2,1H3;(H2,2,3,4). The van der Waals surface area contributed by atoms with E-state index >= 15 is 0 Å². The summed E-state index contributed by atoms with van der Waals surface area (Å²) in [4.78, 5) is 8.56. The Labute approximate surface area is 72.4 Å². The summed E-state index contributed by atoms with van der Waals surface area (Å²) in [6, 6.07) is 2.13. The molecule has 0 bridgehead atoms. The van der Waals surface area contributed by atoms with E-state index in [0.29, 0.717) is 0 Å². The lowest BCUT2D eigenvalue weighted by Crippen LogP contribution is -1.81. The minimum atomic E-state index is -1.83. The molecule has 12 heavy (non-hydrogen) atoms. The molecule has 2 N–H and O–H groups in total. The number of rotatable bonds is 4. The van der Waals surface area contributed by atoms with Crippen molar-refractivity contribution in [3.8, 4) is 6.07 Å². The molecule has 0 spiro atoms. The molecule has 0 amide bonds. The first-order valence-corrected chi connectivity index (χ1v) is 3.94. The Morgan fingerprint density at radius 2 is 1.83 bits per heavy atom. The van der Waals surface area contributed by atoms with Gasteiger partial charge in [0.05, 0.1) is 6.07 Å². The zero-order chi connectivity index (χ0) is 9.82. The zero-order valence-electron chi connectivity index (χ0n) is 7.29. The highest BCUT2D eigenvalue weighted by Gasteiger charge is 1.83. The normalized spacial score (nSPS) is 7.67. The minimum Gasteiger partial charge on any atom is -0.450 e. The van der Waals surface area contributed by atoms with Crippen LogP contribution in [0.15, 0.2) is 0 Å². The quantitative estimate of drug-likeness (QED) is 0.640. The second-order valence-electron chi connectivity index (χ2n) is 2.25. The van der Waals surface area contributed by atoms with Crippen molar-refractivity contribution >= 4 is 6.16 Å². The first-order valence-electron chi connectivity index (χ1n) is 3.94. The lowest BCUT2D eigenvalue weighted by Gasteiger charge is -1.89. The van der Waals surface area contributed by atoms with Gasteiger partial charge in [-0.1, -0.05) is 26.2 Å². The maximum Gasteiger partial charge on any atom is 0.503 e. The summed E-state index contributed by atoms with van der Waals surface area (Å²) in [5.41, 5.74) is 0. The van der Waals surface area contributed by atoms with Gasteiger partial charge in [0, 0.05) is 6.42 Å². The van der Waals surface area contributed by atoms with Gasteiger partial charge in [0.15, 0.2) is 0 Å². The fourth-order valence-corrected chi connectivity index (χ4v) is 0.631. The lowest BCUT2D eigenvalue weighted by atomic mass is 10.2. The highest BCUT2D eigenvalue weighted by Crippen LogP contribution is 2.00. The van der Waals surface area contributed by atoms with E-state index < -0.39 is 6.16 Å². The van der Waals surface area contributed by atoms with Gasteiger partial charge >= 0.3 is 6.16 Å². The van der Waals surface area contributed by atoms with Crippen LogP contribution in [-0.4, -0.2) is 16.4 Å². The number of hydrogen-bond acceptors (Lipinski definition) is 2. The van der Waals surface area contributed by atoms with Gasteiger partial charge < -0.3 is 10.2 Å². The summed E-state index contributed by atoms with van der Waals surface area (Å²) in [6.45, 7) is 2.17. The van der Waals surface area contributed by atoms with Gasteiger partial charge in [-0.2, -0.15) is 5.26 Å². The van der Waals surface area contributed by atoms with E-state index in [4.69, 9.17) is 20.3 Å². The molecule has 0 rings (SSSR count). The van der Waals surface area contributed by atoms with Crippen LogP contribution in [-0.2, 0) is 0 Å². The number of hydrogen-bond donors (Lipinski definition) is 2. The van der Waals surface area contributed by atoms with E-state index in [1.54, 1.807) is 0 Å². The largest absolute Gasteiger partial charge is 0.503 e. The van der Waals surface area contributed by atoms with Gasteiger partial charge in [0.25, 0.3) is 0 Å². The van der Waals surface area contributed by atoms with Crippen LogP contribution < -0.4 is 0 Å². The van der Waals surface area contributed by atoms with E-state index in [-0.39, 0.29) is 0 Å². The summed E-state index contributed by atoms with van der Waals surface area (Å²) < 4.78 is 0. The van der Waals surface area contributed by atoms with Crippen LogP contribution in [0.1, 0.15) is 39.0 Å². The molecule has 0 aromatic rings. The summed E-state index contributed by atoms with van der Waals surface area (Å²) in [5, 5.41) is 22.1. The number of carboxylic acid groups (broad SMARTS) is 2. The molecule has 0 heterocycles. The molecule has 0 saturated heterocycles. The third-order valence-corrected chi connectivity index (χ3v) is 1.14. The average Bonchev–Trinajstić information content (AvgIpc) is 1.97. The van der Waals surface area contributed by atoms with Crippen molar-refractivity contribution in [2.24, 2.45) is 0 Å². The van der Waals surface area contributed by atoms with Crippen LogP contribution in [0.4, 0.5) is 4.79 Å². The van der Waals surface area contributed by atoms with Crippen LogP contribution in [0.2, 0.25) is 0 Å². The van der Waals surface area contributed by atoms with E-state index in [9.17, 15) is 0 Å². The Kier molecular flexibility index (Phi) is 13.8. The molecule has 0 radical (unpaired) electrons. The van der Waals surface area contributed by atoms with Crippen molar-refractivity contribution in [2.75, 3.05) is 0 Å². The Bertz CT molecular complexity index is 136. The molecule has 70 valence electrons. The van der Waals surface area contributed by atoms with E-state index in [1.807, 2.05) is 0 Å². The van der Waals surface area contributed by atoms with Gasteiger partial charge in [-0.3, -0.25) is 0 Å². The third kappa shape index (κ3) is 37.3. The molecule has 4 nitrogen and oxygen atoms in total. The maximum absolute atomic E-state index is 8.56. The van der Waals surface area contributed by atoms with Gasteiger partial charge in [0.2, 0.25) is 0 Å². The molecule has 0 unspecified atom stereocenters. The van der Waals surface area contributed by atoms with E-state index in [0.717, 1.165) is 12.8 Å². The Hall–Kier alpha value is -1.24. The molecule has 4 heteroatoms. The molecule has 0 fully saturated rings. The van der Waals surface area contributed by atoms with Crippen LogP contribution in [0, 0.1) is 11.3 Å². The Morgan fingerprint density at radius 3 is 2.17 bits per heavy atom. The summed E-state index contributed by atoms with van der Waals surface area (Å²) in [7, 11) is 0. The van der Waals surface area contributed by atoms with Gasteiger partial charge in [0.1, 0.15) is 0 Å². The van der Waals surface area contributed by atoms with Crippen molar-refractivity contribution in [1.29, 1.82) is 5.26 Å². The first kappa shape index (κ1) is 13.4. The van der Waals surface area contributed by atoms with Crippen molar-refractivity contribution in [3.63, 3.8) is 0 Å². The lowest BCUT2D eigenvalue weighted by molar-refractivity contribution is 0.137. The smallest absolute Gasteiger partial charge is 0.450 e. The molecular weight excluding hydrogens is 158 g/mol. The molecule has 0 aromatic carbocycles. The van der Waals surface area contributed by atoms with Crippen molar-refractivity contribution in [1.82, 2.24) is 0 Å². The fraction of sp³-hybridized carbons (Fsp3) is 0.750. The highest BCUT2D eigenvalue weighted by molar-refractivity contribution is 5.53. The monoisotopic (exact) mass is 173 g/mol. The van der Waals surface area contributed by atoms with Gasteiger partial charge in [-0.15, -0.1) is 0 Å². The fourth-order valence-electron chi connectivity index (χ4n) is 0.631. The summed E-state index contributed by atoms with van der Waals surface area (Å²) in [5.74, 6) is 0. The van der Waals surface area contributed by atoms with Crippen molar-refractivity contribution in [3.05, 3.63) is 0 Å². The predicted molar refractivity (Wildman–Crippen MR) is 45.0 cm³/mol. The zero-order valence-corrected chi connectivity index (χ0v) is 7.29. The molecular formula is C8H15NO3. The maximum atomic E-state index is 8.56. The second-order valence-corrected chi connectivity index (χ2v) is 2.25.